The van der Waals surface area contributed by atoms with E-state index in [0.29, 0.717) is 28.9 Å². The first-order valence-corrected chi connectivity index (χ1v) is 12.2. The van der Waals surface area contributed by atoms with Crippen LogP contribution in [0.5, 0.6) is 0 Å². The summed E-state index contributed by atoms with van der Waals surface area (Å²) in [6.07, 6.45) is 3.43. The summed E-state index contributed by atoms with van der Waals surface area (Å²) in [4.78, 5) is 31.9. The predicted molar refractivity (Wildman–Crippen MR) is 136 cm³/mol. The molecule has 2 aromatic heterocycles. The van der Waals surface area contributed by atoms with Crippen LogP contribution in [0.4, 0.5) is 11.4 Å². The average molecular weight is 485 g/mol. The number of para-hydroxylation sites is 2. The van der Waals surface area contributed by atoms with E-state index in [1.165, 1.54) is 11.8 Å². The Morgan fingerprint density at radius 2 is 1.69 bits per heavy atom. The van der Waals surface area contributed by atoms with Gasteiger partial charge < -0.3 is 5.32 Å². The molecule has 2 aromatic carbocycles. The number of rotatable bonds is 6. The number of pyridine rings is 1. The first-order valence-electron chi connectivity index (χ1n) is 11.2. The topological polar surface area (TPSA) is 93.0 Å². The molecule has 2 amide bonds. The zero-order valence-electron chi connectivity index (χ0n) is 19.4. The highest BCUT2D eigenvalue weighted by atomic mass is 32.2. The SMILES string of the molecule is CC1(C)C(=O)Nc2ccccc2N1C(=O)CSc1nnc(-c2ccncc2)n1Cc1ccccc1. The Morgan fingerprint density at radius 3 is 2.46 bits per heavy atom. The predicted octanol–water partition coefficient (Wildman–Crippen LogP) is 4.24. The van der Waals surface area contributed by atoms with Crippen LogP contribution in [0.15, 0.2) is 84.3 Å². The molecule has 0 unspecified atom stereocenters. The van der Waals surface area contributed by atoms with Crippen LogP contribution in [0.25, 0.3) is 11.4 Å². The van der Waals surface area contributed by atoms with Crippen LogP contribution in [-0.2, 0) is 16.1 Å². The minimum absolute atomic E-state index is 0.105. The van der Waals surface area contributed by atoms with Crippen LogP contribution in [0.3, 0.4) is 0 Å². The van der Waals surface area contributed by atoms with E-state index in [0.717, 1.165) is 11.1 Å². The Balaban J connectivity index is 1.44. The lowest BCUT2D eigenvalue weighted by Crippen LogP contribution is -2.59. The molecular formula is C26H24N6O2S. The molecule has 0 bridgehead atoms. The van der Waals surface area contributed by atoms with Crippen LogP contribution in [0, 0.1) is 0 Å². The molecule has 1 N–H and O–H groups in total. The lowest BCUT2D eigenvalue weighted by Gasteiger charge is -2.42. The number of hydrogen-bond donors (Lipinski definition) is 1. The van der Waals surface area contributed by atoms with Gasteiger partial charge in [0.2, 0.25) is 11.8 Å². The fourth-order valence-corrected chi connectivity index (χ4v) is 4.89. The van der Waals surface area contributed by atoms with Gasteiger partial charge in [-0.2, -0.15) is 0 Å². The van der Waals surface area contributed by atoms with Crippen molar-refractivity contribution in [1.82, 2.24) is 19.7 Å². The number of nitrogens with zero attached hydrogens (tertiary/aromatic N) is 5. The van der Waals surface area contributed by atoms with Crippen molar-refractivity contribution in [2.45, 2.75) is 31.1 Å². The van der Waals surface area contributed by atoms with Crippen molar-refractivity contribution in [3.05, 3.63) is 84.7 Å². The summed E-state index contributed by atoms with van der Waals surface area (Å²) < 4.78 is 2.00. The summed E-state index contributed by atoms with van der Waals surface area (Å²) in [6, 6.07) is 21.1. The number of benzene rings is 2. The van der Waals surface area contributed by atoms with Crippen molar-refractivity contribution in [3.63, 3.8) is 0 Å². The molecule has 35 heavy (non-hydrogen) atoms. The van der Waals surface area contributed by atoms with Gasteiger partial charge in [0, 0.05) is 18.0 Å². The third kappa shape index (κ3) is 4.42. The molecule has 0 saturated heterocycles. The standard InChI is InChI=1S/C26H24N6O2S/c1-26(2)24(34)28-20-10-6-7-11-21(20)32(26)22(33)17-35-25-30-29-23(19-12-14-27-15-13-19)31(25)16-18-8-4-3-5-9-18/h3-15H,16-17H2,1-2H3,(H,28,34). The summed E-state index contributed by atoms with van der Waals surface area (Å²) in [5.74, 6) is 0.409. The fourth-order valence-electron chi connectivity index (χ4n) is 4.11. The monoisotopic (exact) mass is 484 g/mol. The van der Waals surface area contributed by atoms with Gasteiger partial charge >= 0.3 is 0 Å². The molecule has 0 saturated carbocycles. The second-order valence-corrected chi connectivity index (χ2v) is 9.60. The minimum Gasteiger partial charge on any atom is -0.322 e. The van der Waals surface area contributed by atoms with E-state index in [9.17, 15) is 9.59 Å². The van der Waals surface area contributed by atoms with Crippen LogP contribution < -0.4 is 10.2 Å². The lowest BCUT2D eigenvalue weighted by atomic mass is 9.96. The van der Waals surface area contributed by atoms with E-state index in [-0.39, 0.29) is 17.6 Å². The van der Waals surface area contributed by atoms with E-state index in [4.69, 9.17) is 0 Å². The van der Waals surface area contributed by atoms with Gasteiger partial charge in [-0.1, -0.05) is 54.2 Å². The Hall–Kier alpha value is -3.98. The van der Waals surface area contributed by atoms with Crippen molar-refractivity contribution in [2.24, 2.45) is 0 Å². The Labute approximate surface area is 207 Å². The van der Waals surface area contributed by atoms with Gasteiger partial charge in [-0.05, 0) is 43.7 Å². The van der Waals surface area contributed by atoms with Crippen LogP contribution in [-0.4, -0.2) is 42.9 Å². The molecule has 1 aliphatic heterocycles. The maximum absolute atomic E-state index is 13.5. The molecule has 8 nitrogen and oxygen atoms in total. The van der Waals surface area contributed by atoms with Gasteiger partial charge in [0.05, 0.1) is 23.7 Å². The third-order valence-electron chi connectivity index (χ3n) is 5.92. The molecule has 1 aliphatic rings. The van der Waals surface area contributed by atoms with Gasteiger partial charge in [-0.3, -0.25) is 24.0 Å². The second-order valence-electron chi connectivity index (χ2n) is 8.66. The summed E-state index contributed by atoms with van der Waals surface area (Å²) in [7, 11) is 0. The summed E-state index contributed by atoms with van der Waals surface area (Å²) in [6.45, 7) is 4.06. The summed E-state index contributed by atoms with van der Waals surface area (Å²) >= 11 is 1.31. The van der Waals surface area contributed by atoms with Gasteiger partial charge in [0.25, 0.3) is 0 Å². The molecule has 0 fully saturated rings. The van der Waals surface area contributed by atoms with E-state index in [2.05, 4.69) is 20.5 Å². The highest BCUT2D eigenvalue weighted by Gasteiger charge is 2.43. The molecule has 9 heteroatoms. The fraction of sp³-hybridized carbons (Fsp3) is 0.192. The van der Waals surface area contributed by atoms with Crippen LogP contribution >= 0.6 is 11.8 Å². The third-order valence-corrected chi connectivity index (χ3v) is 6.87. The first kappa shape index (κ1) is 22.8. The number of anilines is 2. The molecule has 5 rings (SSSR count). The summed E-state index contributed by atoms with van der Waals surface area (Å²) in [5.41, 5.74) is 2.28. The normalized spacial score (nSPS) is 14.3. The highest BCUT2D eigenvalue weighted by molar-refractivity contribution is 7.99. The van der Waals surface area contributed by atoms with Gasteiger partial charge in [0.15, 0.2) is 11.0 Å². The second kappa shape index (κ2) is 9.34. The highest BCUT2D eigenvalue weighted by Crippen LogP contribution is 2.37. The average Bonchev–Trinajstić information content (AvgIpc) is 3.26. The van der Waals surface area contributed by atoms with Crippen molar-refractivity contribution in [1.29, 1.82) is 0 Å². The number of carbonyl (C=O) groups excluding carboxylic acids is 2. The first-order chi connectivity index (χ1) is 16.9. The van der Waals surface area contributed by atoms with E-state index >= 15 is 0 Å². The van der Waals surface area contributed by atoms with Gasteiger partial charge in [-0.25, -0.2) is 0 Å². The number of fused-ring (bicyclic) bond motifs is 1. The van der Waals surface area contributed by atoms with Crippen molar-refractivity contribution in [3.8, 4) is 11.4 Å². The number of thioether (sulfide) groups is 1. The summed E-state index contributed by atoms with van der Waals surface area (Å²) in [5, 5.41) is 12.4. The van der Waals surface area contributed by atoms with Crippen molar-refractivity contribution in [2.75, 3.05) is 16.0 Å². The van der Waals surface area contributed by atoms with Crippen LogP contribution in [0.1, 0.15) is 19.4 Å². The van der Waals surface area contributed by atoms with Crippen LogP contribution in [0.2, 0.25) is 0 Å². The van der Waals surface area contributed by atoms with Crippen molar-refractivity contribution < 1.29 is 9.59 Å². The van der Waals surface area contributed by atoms with E-state index in [1.807, 2.05) is 65.2 Å². The number of amides is 2. The van der Waals surface area contributed by atoms with E-state index < -0.39 is 5.54 Å². The number of aromatic nitrogens is 4. The minimum atomic E-state index is -1.02. The number of hydrogen-bond acceptors (Lipinski definition) is 6. The number of nitrogens with one attached hydrogen (secondary N) is 1. The smallest absolute Gasteiger partial charge is 0.250 e. The molecule has 3 heterocycles. The lowest BCUT2D eigenvalue weighted by molar-refractivity contribution is -0.125. The Kier molecular flexibility index (Phi) is 6.08. The quantitative estimate of drug-likeness (QED) is 0.412. The zero-order chi connectivity index (χ0) is 24.4. The molecular weight excluding hydrogens is 460 g/mol. The molecule has 0 radical (unpaired) electrons. The maximum Gasteiger partial charge on any atom is 0.250 e. The molecule has 0 aliphatic carbocycles. The molecule has 176 valence electrons. The Morgan fingerprint density at radius 1 is 0.971 bits per heavy atom. The molecule has 0 spiro atoms. The maximum atomic E-state index is 13.5. The van der Waals surface area contributed by atoms with Gasteiger partial charge in [-0.15, -0.1) is 10.2 Å². The Bertz CT molecular complexity index is 1370. The number of carbonyl (C=O) groups is 2. The van der Waals surface area contributed by atoms with Crippen molar-refractivity contribution >= 4 is 35.0 Å². The molecule has 0 atom stereocenters. The van der Waals surface area contributed by atoms with Gasteiger partial charge in [0.1, 0.15) is 5.54 Å². The van der Waals surface area contributed by atoms with E-state index in [1.54, 1.807) is 37.2 Å². The molecule has 4 aromatic rings. The largest absolute Gasteiger partial charge is 0.322 e. The zero-order valence-corrected chi connectivity index (χ0v) is 20.2.